The van der Waals surface area contributed by atoms with Gasteiger partial charge in [-0.3, -0.25) is 0 Å². The van der Waals surface area contributed by atoms with Crippen LogP contribution in [0.5, 0.6) is 0 Å². The molecule has 0 amide bonds. The summed E-state index contributed by atoms with van der Waals surface area (Å²) in [6, 6.07) is 5.74. The highest BCUT2D eigenvalue weighted by molar-refractivity contribution is 7.89. The number of aryl methyl sites for hydroxylation is 1. The standard InChI is InChI=1S/C13H14FNO2S2/c1-10-8-12(2-3-13(10)14)19(16,17)15-6-4-11-5-7-18-9-11/h2-3,5,7-9,15H,4,6H2,1H3. The van der Waals surface area contributed by atoms with E-state index < -0.39 is 15.8 Å². The van der Waals surface area contributed by atoms with Crippen molar-refractivity contribution in [2.45, 2.75) is 18.2 Å². The molecule has 2 aromatic rings. The Kier molecular flexibility index (Phi) is 4.34. The Morgan fingerprint density at radius 1 is 1.32 bits per heavy atom. The maximum atomic E-state index is 13.1. The van der Waals surface area contributed by atoms with Gasteiger partial charge in [0.05, 0.1) is 4.90 Å². The van der Waals surface area contributed by atoms with Crippen molar-refractivity contribution in [1.29, 1.82) is 0 Å². The normalized spacial score (nSPS) is 11.7. The van der Waals surface area contributed by atoms with E-state index in [0.29, 0.717) is 18.5 Å². The number of sulfonamides is 1. The van der Waals surface area contributed by atoms with Gasteiger partial charge in [-0.25, -0.2) is 17.5 Å². The van der Waals surface area contributed by atoms with Crippen LogP contribution in [0, 0.1) is 12.7 Å². The molecule has 0 saturated carbocycles. The van der Waals surface area contributed by atoms with Crippen LogP contribution >= 0.6 is 11.3 Å². The summed E-state index contributed by atoms with van der Waals surface area (Å²) < 4.78 is 39.6. The molecule has 2 rings (SSSR count). The molecule has 1 aromatic heterocycles. The summed E-state index contributed by atoms with van der Waals surface area (Å²) >= 11 is 1.58. The van der Waals surface area contributed by atoms with Gasteiger partial charge >= 0.3 is 0 Å². The Morgan fingerprint density at radius 2 is 2.11 bits per heavy atom. The second kappa shape index (κ2) is 5.81. The van der Waals surface area contributed by atoms with Crippen LogP contribution in [0.2, 0.25) is 0 Å². The van der Waals surface area contributed by atoms with E-state index in [9.17, 15) is 12.8 Å². The lowest BCUT2D eigenvalue weighted by Gasteiger charge is -2.07. The van der Waals surface area contributed by atoms with E-state index in [2.05, 4.69) is 4.72 Å². The second-order valence-electron chi connectivity index (χ2n) is 4.19. The van der Waals surface area contributed by atoms with Gasteiger partial charge in [0.25, 0.3) is 0 Å². The number of thiophene rings is 1. The van der Waals surface area contributed by atoms with Gasteiger partial charge in [0.15, 0.2) is 0 Å². The SMILES string of the molecule is Cc1cc(S(=O)(=O)NCCc2ccsc2)ccc1F. The van der Waals surface area contributed by atoms with E-state index >= 15 is 0 Å². The highest BCUT2D eigenvalue weighted by Crippen LogP contribution is 2.14. The summed E-state index contributed by atoms with van der Waals surface area (Å²) in [4.78, 5) is 0.0942. The van der Waals surface area contributed by atoms with Gasteiger partial charge < -0.3 is 0 Å². The third-order valence-electron chi connectivity index (χ3n) is 2.73. The van der Waals surface area contributed by atoms with Gasteiger partial charge in [-0.2, -0.15) is 11.3 Å². The molecule has 0 aliphatic heterocycles. The summed E-state index contributed by atoms with van der Waals surface area (Å²) in [6.45, 7) is 1.87. The highest BCUT2D eigenvalue weighted by Gasteiger charge is 2.14. The first kappa shape index (κ1) is 14.2. The van der Waals surface area contributed by atoms with Crippen molar-refractivity contribution >= 4 is 21.4 Å². The number of halogens is 1. The summed E-state index contributed by atoms with van der Waals surface area (Å²) in [5.41, 5.74) is 1.42. The zero-order chi connectivity index (χ0) is 13.9. The van der Waals surface area contributed by atoms with Crippen LogP contribution in [0.4, 0.5) is 4.39 Å². The van der Waals surface area contributed by atoms with Crippen molar-refractivity contribution in [2.24, 2.45) is 0 Å². The van der Waals surface area contributed by atoms with Crippen LogP contribution in [-0.2, 0) is 16.4 Å². The first-order chi connectivity index (χ1) is 8.99. The first-order valence-corrected chi connectivity index (χ1v) is 8.18. The van der Waals surface area contributed by atoms with E-state index in [1.165, 1.54) is 18.2 Å². The first-order valence-electron chi connectivity index (χ1n) is 5.76. The predicted molar refractivity (Wildman–Crippen MR) is 74.3 cm³/mol. The average molecular weight is 299 g/mol. The van der Waals surface area contributed by atoms with Crippen molar-refractivity contribution in [3.05, 3.63) is 52.0 Å². The molecular formula is C13H14FNO2S2. The van der Waals surface area contributed by atoms with Crippen LogP contribution in [-0.4, -0.2) is 15.0 Å². The molecule has 0 aliphatic carbocycles. The van der Waals surface area contributed by atoms with Crippen molar-refractivity contribution in [3.8, 4) is 0 Å². The molecule has 3 nitrogen and oxygen atoms in total. The minimum atomic E-state index is -3.57. The van der Waals surface area contributed by atoms with E-state index in [4.69, 9.17) is 0 Å². The minimum Gasteiger partial charge on any atom is -0.211 e. The Labute approximate surface area is 116 Å². The molecule has 1 N–H and O–H groups in total. The lowest BCUT2D eigenvalue weighted by molar-refractivity contribution is 0.580. The molecule has 0 atom stereocenters. The summed E-state index contributed by atoms with van der Waals surface area (Å²) in [7, 11) is -3.57. The van der Waals surface area contributed by atoms with Crippen molar-refractivity contribution in [3.63, 3.8) is 0 Å². The third-order valence-corrected chi connectivity index (χ3v) is 4.92. The molecule has 1 aromatic carbocycles. The topological polar surface area (TPSA) is 46.2 Å². The lowest BCUT2D eigenvalue weighted by Crippen LogP contribution is -2.26. The number of hydrogen-bond acceptors (Lipinski definition) is 3. The Hall–Kier alpha value is -1.24. The molecule has 0 saturated heterocycles. The van der Waals surface area contributed by atoms with Gasteiger partial charge in [-0.1, -0.05) is 0 Å². The monoisotopic (exact) mass is 299 g/mol. The molecule has 0 spiro atoms. The van der Waals surface area contributed by atoms with E-state index in [-0.39, 0.29) is 4.90 Å². The van der Waals surface area contributed by atoms with Crippen LogP contribution in [0.15, 0.2) is 39.9 Å². The van der Waals surface area contributed by atoms with Crippen LogP contribution < -0.4 is 4.72 Å². The fourth-order valence-corrected chi connectivity index (χ4v) is 3.45. The fraction of sp³-hybridized carbons (Fsp3) is 0.231. The largest absolute Gasteiger partial charge is 0.240 e. The number of nitrogens with one attached hydrogen (secondary N) is 1. The number of hydrogen-bond donors (Lipinski definition) is 1. The van der Waals surface area contributed by atoms with E-state index in [1.54, 1.807) is 18.3 Å². The Balaban J connectivity index is 2.03. The smallest absolute Gasteiger partial charge is 0.211 e. The van der Waals surface area contributed by atoms with E-state index in [1.807, 2.05) is 16.8 Å². The predicted octanol–water partition coefficient (Wildman–Crippen LogP) is 2.72. The van der Waals surface area contributed by atoms with Gasteiger partial charge in [0.1, 0.15) is 5.82 Å². The summed E-state index contributed by atoms with van der Waals surface area (Å²) in [6.07, 6.45) is 0.642. The van der Waals surface area contributed by atoms with Gasteiger partial charge in [-0.05, 0) is 59.5 Å². The molecular weight excluding hydrogens is 285 g/mol. The van der Waals surface area contributed by atoms with Crippen molar-refractivity contribution in [2.75, 3.05) is 6.54 Å². The van der Waals surface area contributed by atoms with E-state index in [0.717, 1.165) is 5.56 Å². The zero-order valence-electron chi connectivity index (χ0n) is 10.4. The summed E-state index contributed by atoms with van der Waals surface area (Å²) in [5, 5.41) is 3.93. The second-order valence-corrected chi connectivity index (χ2v) is 6.74. The van der Waals surface area contributed by atoms with Crippen molar-refractivity contribution in [1.82, 2.24) is 4.72 Å². The van der Waals surface area contributed by atoms with Gasteiger partial charge in [0, 0.05) is 6.54 Å². The molecule has 0 radical (unpaired) electrons. The lowest BCUT2D eigenvalue weighted by atomic mass is 10.2. The molecule has 102 valence electrons. The van der Waals surface area contributed by atoms with Crippen LogP contribution in [0.25, 0.3) is 0 Å². The van der Waals surface area contributed by atoms with Gasteiger partial charge in [0.2, 0.25) is 10.0 Å². The minimum absolute atomic E-state index is 0.0942. The Morgan fingerprint density at radius 3 is 2.74 bits per heavy atom. The molecule has 1 heterocycles. The molecule has 19 heavy (non-hydrogen) atoms. The molecule has 0 fully saturated rings. The molecule has 0 unspecified atom stereocenters. The molecule has 6 heteroatoms. The molecule has 0 aliphatic rings. The van der Waals surface area contributed by atoms with Crippen LogP contribution in [0.1, 0.15) is 11.1 Å². The molecule has 0 bridgehead atoms. The fourth-order valence-electron chi connectivity index (χ4n) is 1.63. The third kappa shape index (κ3) is 3.62. The summed E-state index contributed by atoms with van der Waals surface area (Å²) in [5.74, 6) is -0.405. The van der Waals surface area contributed by atoms with Crippen molar-refractivity contribution < 1.29 is 12.8 Å². The Bertz CT molecular complexity index is 651. The maximum Gasteiger partial charge on any atom is 0.240 e. The average Bonchev–Trinajstić information content (AvgIpc) is 2.85. The van der Waals surface area contributed by atoms with Gasteiger partial charge in [-0.15, -0.1) is 0 Å². The zero-order valence-corrected chi connectivity index (χ0v) is 12.0. The maximum absolute atomic E-state index is 13.1. The highest BCUT2D eigenvalue weighted by atomic mass is 32.2. The number of benzene rings is 1. The quantitative estimate of drug-likeness (QED) is 0.922. The number of rotatable bonds is 5. The van der Waals surface area contributed by atoms with Crippen LogP contribution in [0.3, 0.4) is 0 Å².